The van der Waals surface area contributed by atoms with Crippen LogP contribution in [-0.4, -0.2) is 36.5 Å². The molecule has 2 unspecified atom stereocenters. The summed E-state index contributed by atoms with van der Waals surface area (Å²) in [7, 11) is -2.40. The van der Waals surface area contributed by atoms with Crippen LogP contribution in [0, 0.1) is 0 Å². The summed E-state index contributed by atoms with van der Waals surface area (Å²) in [4.78, 5) is 19.5. The molecule has 0 saturated heterocycles. The molecule has 0 amide bonds. The molecule has 6 nitrogen and oxygen atoms in total. The number of carboxylic acids is 1. The predicted molar refractivity (Wildman–Crippen MR) is 153 cm³/mol. The minimum absolute atomic E-state index is 0.150. The number of carbonyl (C=O) groups excluding carboxylic acids is 1. The van der Waals surface area contributed by atoms with Gasteiger partial charge in [0, 0.05) is 24.0 Å². The van der Waals surface area contributed by atoms with Crippen molar-refractivity contribution in [2.24, 2.45) is 0 Å². The second-order valence-electron chi connectivity index (χ2n) is 11.1. The van der Waals surface area contributed by atoms with Gasteiger partial charge in [-0.2, -0.15) is 0 Å². The first-order valence-electron chi connectivity index (χ1n) is 12.6. The van der Waals surface area contributed by atoms with E-state index in [1.54, 1.807) is 18.2 Å². The third-order valence-corrected chi connectivity index (χ3v) is 13.0. The number of aliphatic carboxylic acids is 1. The molecule has 2 aromatic carbocycles. The molecular weight excluding hydrogens is 549 g/mol. The fourth-order valence-corrected chi connectivity index (χ4v) is 6.69. The van der Waals surface area contributed by atoms with Gasteiger partial charge in [-0.1, -0.05) is 68.6 Å². The Morgan fingerprint density at radius 3 is 2.43 bits per heavy atom. The third kappa shape index (κ3) is 5.26. The maximum Gasteiger partial charge on any atom is 0.211 e. The number of nitrogens with zero attached hydrogens (tertiary/aromatic N) is 3. The minimum Gasteiger partial charge on any atom is -0.547 e. The molecule has 0 saturated carbocycles. The zero-order valence-corrected chi connectivity index (χ0v) is 25.3. The van der Waals surface area contributed by atoms with Crippen LogP contribution in [0.25, 0.3) is 11.0 Å². The van der Waals surface area contributed by atoms with Gasteiger partial charge in [0.05, 0.1) is 33.3 Å². The van der Waals surface area contributed by atoms with Crippen LogP contribution in [-0.2, 0) is 15.8 Å². The first-order chi connectivity index (χ1) is 17.3. The summed E-state index contributed by atoms with van der Waals surface area (Å²) in [5.41, 5.74) is 3.11. The molecule has 10 heteroatoms. The molecule has 0 fully saturated rings. The first kappa shape index (κ1) is 28.2. The summed E-state index contributed by atoms with van der Waals surface area (Å²) in [6, 6.07) is 9.11. The van der Waals surface area contributed by atoms with Crippen molar-refractivity contribution in [1.82, 2.24) is 9.55 Å². The summed E-state index contributed by atoms with van der Waals surface area (Å²) in [6.45, 7) is 13.8. The van der Waals surface area contributed by atoms with Crippen molar-refractivity contribution >= 4 is 71.8 Å². The number of imidazole rings is 1. The smallest absolute Gasteiger partial charge is 0.211 e. The van der Waals surface area contributed by atoms with E-state index < -0.39 is 26.3 Å². The van der Waals surface area contributed by atoms with Crippen LogP contribution < -0.4 is 10.0 Å². The van der Waals surface area contributed by atoms with Crippen molar-refractivity contribution in [3.05, 3.63) is 51.0 Å². The van der Waals surface area contributed by atoms with Crippen molar-refractivity contribution in [2.75, 3.05) is 11.4 Å². The molecule has 200 valence electrons. The summed E-state index contributed by atoms with van der Waals surface area (Å²) < 4.78 is 8.58. The van der Waals surface area contributed by atoms with Gasteiger partial charge >= 0.3 is 0 Å². The van der Waals surface area contributed by atoms with E-state index in [4.69, 9.17) is 44.2 Å². The van der Waals surface area contributed by atoms with Gasteiger partial charge in [0.1, 0.15) is 5.52 Å². The Labute approximate surface area is 234 Å². The molecule has 1 aliphatic rings. The Morgan fingerprint density at radius 2 is 1.84 bits per heavy atom. The second kappa shape index (κ2) is 10.4. The van der Waals surface area contributed by atoms with E-state index in [0.717, 1.165) is 36.3 Å². The molecule has 0 spiro atoms. The monoisotopic (exact) mass is 580 g/mol. The molecule has 2 atom stereocenters. The molecule has 2 heterocycles. The largest absolute Gasteiger partial charge is 0.547 e. The van der Waals surface area contributed by atoms with Gasteiger partial charge in [0.15, 0.2) is 8.32 Å². The average Bonchev–Trinajstić information content (AvgIpc) is 3.20. The number of hydrogen-bond acceptors (Lipinski definition) is 5. The molecule has 0 N–H and O–H groups in total. The highest BCUT2D eigenvalue weighted by molar-refractivity contribution is 6.74. The maximum absolute atomic E-state index is 12.5. The Morgan fingerprint density at radius 1 is 1.14 bits per heavy atom. The molecule has 0 aliphatic carbocycles. The van der Waals surface area contributed by atoms with Crippen LogP contribution in [0.4, 0.5) is 11.6 Å². The number of anilines is 2. The van der Waals surface area contributed by atoms with E-state index in [1.807, 2.05) is 19.1 Å². The number of aryl methyl sites for hydroxylation is 1. The molecule has 3 aromatic rings. The van der Waals surface area contributed by atoms with E-state index >= 15 is 0 Å². The number of aromatic nitrogens is 2. The lowest BCUT2D eigenvalue weighted by Gasteiger charge is -2.42. The first-order valence-corrected chi connectivity index (χ1v) is 16.6. The Bertz CT molecular complexity index is 1340. The maximum atomic E-state index is 12.5. The second-order valence-corrected chi connectivity index (χ2v) is 17.1. The number of hydrogen-bond donors (Lipinski definition) is 0. The van der Waals surface area contributed by atoms with E-state index in [9.17, 15) is 9.90 Å². The molecule has 0 bridgehead atoms. The van der Waals surface area contributed by atoms with Gasteiger partial charge in [-0.25, -0.2) is 4.98 Å². The number of rotatable bonds is 7. The Hall–Kier alpha value is -1.77. The van der Waals surface area contributed by atoms with Crippen LogP contribution in [0.5, 0.6) is 0 Å². The van der Waals surface area contributed by atoms with Crippen LogP contribution in [0.3, 0.4) is 0 Å². The van der Waals surface area contributed by atoms with Gasteiger partial charge in [0.2, 0.25) is 5.95 Å². The normalized spacial score (nSPS) is 16.1. The third-order valence-electron chi connectivity index (χ3n) is 7.73. The quantitative estimate of drug-likeness (QED) is 0.277. The molecule has 1 aliphatic heterocycles. The highest BCUT2D eigenvalue weighted by atomic mass is 35.5. The van der Waals surface area contributed by atoms with E-state index in [1.165, 1.54) is 0 Å². The number of fused-ring (bicyclic) bond motifs is 3. The number of halogens is 3. The van der Waals surface area contributed by atoms with Crippen LogP contribution >= 0.6 is 34.8 Å². The average molecular weight is 582 g/mol. The number of carboxylic acid groups (broad SMARTS) is 1. The van der Waals surface area contributed by atoms with E-state index in [2.05, 4.69) is 43.3 Å². The molecular formula is C27H33Cl3N3O3Si-. The molecule has 0 radical (unpaired) electrons. The lowest BCUT2D eigenvalue weighted by molar-refractivity contribution is -0.315. The zero-order chi connectivity index (χ0) is 27.3. The Balaban J connectivity index is 1.88. The fourth-order valence-electron chi connectivity index (χ4n) is 4.74. The number of carbonyl (C=O) groups is 1. The summed E-state index contributed by atoms with van der Waals surface area (Å²) in [5.74, 6) is -0.924. The van der Waals surface area contributed by atoms with Crippen molar-refractivity contribution in [1.29, 1.82) is 0 Å². The molecule has 1 aromatic heterocycles. The van der Waals surface area contributed by atoms with Gasteiger partial charge < -0.3 is 23.8 Å². The van der Waals surface area contributed by atoms with E-state index in [0.29, 0.717) is 33.0 Å². The molecule has 4 rings (SSSR count). The fraction of sp³-hybridized carbons (Fsp3) is 0.481. The highest BCUT2D eigenvalue weighted by Gasteiger charge is 2.42. The summed E-state index contributed by atoms with van der Waals surface area (Å²) in [5, 5.41) is 14.0. The predicted octanol–water partition coefficient (Wildman–Crippen LogP) is 7.17. The van der Waals surface area contributed by atoms with Gasteiger partial charge in [-0.05, 0) is 60.8 Å². The highest BCUT2D eigenvalue weighted by Crippen LogP contribution is 2.44. The standard InChI is InChI=1S/C27H34Cl3N3O3Si/c1-7-17(24(25(34)35)36-37(5,6)27(2,3)4)18-10-11-19(29)22-23(18)33-14-8-13-32(26(33)31-22)21-12-9-16(28)15-20(21)30/h9-12,15,17,24H,7-8,13-14H2,1-6H3,(H,34,35)/p-1. The van der Waals surface area contributed by atoms with Gasteiger partial charge in [-0.3, -0.25) is 0 Å². The minimum atomic E-state index is -2.40. The summed E-state index contributed by atoms with van der Waals surface area (Å²) >= 11 is 19.4. The van der Waals surface area contributed by atoms with Crippen LogP contribution in [0.15, 0.2) is 30.3 Å². The van der Waals surface area contributed by atoms with Crippen molar-refractivity contribution in [3.63, 3.8) is 0 Å². The topological polar surface area (TPSA) is 70.4 Å². The van der Waals surface area contributed by atoms with Crippen LogP contribution in [0.2, 0.25) is 33.2 Å². The molecule has 37 heavy (non-hydrogen) atoms. The van der Waals surface area contributed by atoms with E-state index in [-0.39, 0.29) is 5.04 Å². The van der Waals surface area contributed by atoms with Gasteiger partial charge in [0.25, 0.3) is 0 Å². The zero-order valence-electron chi connectivity index (χ0n) is 22.1. The number of benzene rings is 2. The summed E-state index contributed by atoms with van der Waals surface area (Å²) in [6.07, 6.45) is 0.314. The SMILES string of the molecule is CCC(c1ccc(Cl)c2nc3n(c12)CCCN3c1ccc(Cl)cc1Cl)C(O[Si](C)(C)C(C)(C)C)C(=O)[O-]. The van der Waals surface area contributed by atoms with Crippen molar-refractivity contribution < 1.29 is 14.3 Å². The lowest BCUT2D eigenvalue weighted by Crippen LogP contribution is -2.51. The van der Waals surface area contributed by atoms with Crippen molar-refractivity contribution in [2.45, 2.75) is 77.2 Å². The van der Waals surface area contributed by atoms with Crippen LogP contribution in [0.1, 0.15) is 52.0 Å². The Kier molecular flexibility index (Phi) is 7.95. The van der Waals surface area contributed by atoms with Crippen molar-refractivity contribution in [3.8, 4) is 0 Å². The van der Waals surface area contributed by atoms with Gasteiger partial charge in [-0.15, -0.1) is 0 Å². The lowest BCUT2D eigenvalue weighted by atomic mass is 9.90.